The Hall–Kier alpha value is -1.04. The van der Waals surface area contributed by atoms with Crippen molar-refractivity contribution in [1.82, 2.24) is 15.5 Å². The summed E-state index contributed by atoms with van der Waals surface area (Å²) in [7, 11) is 0. The molecule has 0 bridgehead atoms. The summed E-state index contributed by atoms with van der Waals surface area (Å²) < 4.78 is 4.95. The Balaban J connectivity index is 1.50. The number of nitrogens with zero attached hydrogens (tertiary/aromatic N) is 3. The van der Waals surface area contributed by atoms with Crippen molar-refractivity contribution >= 4 is 16.9 Å². The molecule has 19 heavy (non-hydrogen) atoms. The largest absolute Gasteiger partial charge is 0.362 e. The first-order valence-electron chi connectivity index (χ1n) is 7.04. The van der Waals surface area contributed by atoms with Gasteiger partial charge in [-0.15, -0.1) is 0 Å². The fourth-order valence-corrected chi connectivity index (χ4v) is 3.96. The molecule has 1 aromatic rings. The maximum Gasteiger partial charge on any atom is 0.223 e. The zero-order valence-electron chi connectivity index (χ0n) is 11.3. The van der Waals surface area contributed by atoms with Gasteiger partial charge in [0.15, 0.2) is 11.0 Å². The normalized spacial score (nSPS) is 29.0. The minimum absolute atomic E-state index is 0.623. The highest BCUT2D eigenvalue weighted by molar-refractivity contribution is 8.13. The Labute approximate surface area is 117 Å². The molecule has 0 spiro atoms. The standard InChI is InChI=1S/C13H20N4OS/c1-9-15-12(17-18-9)6-7-14-13-16-11-5-3-2-4-10(11)8-19-13/h10-11H,2-8H2,1H3,(H,14,16). The highest BCUT2D eigenvalue weighted by atomic mass is 32.2. The molecule has 2 aliphatic rings. The molecule has 1 aromatic heterocycles. The quantitative estimate of drug-likeness (QED) is 0.919. The first-order valence-corrected chi connectivity index (χ1v) is 8.03. The van der Waals surface area contributed by atoms with Crippen LogP contribution in [-0.4, -0.2) is 33.6 Å². The van der Waals surface area contributed by atoms with Gasteiger partial charge in [0, 0.05) is 31.7 Å². The number of hydrogen-bond donors (Lipinski definition) is 1. The number of aliphatic imine (C=N–C) groups is 1. The summed E-state index contributed by atoms with van der Waals surface area (Å²) in [6.45, 7) is 2.54. The Bertz CT molecular complexity index is 459. The predicted octanol–water partition coefficient (Wildman–Crippen LogP) is 2.17. The van der Waals surface area contributed by atoms with Crippen molar-refractivity contribution in [3.63, 3.8) is 0 Å². The van der Waals surface area contributed by atoms with E-state index >= 15 is 0 Å². The first-order chi connectivity index (χ1) is 9.31. The summed E-state index contributed by atoms with van der Waals surface area (Å²) in [6, 6.07) is 0.654. The average Bonchev–Trinajstić information content (AvgIpc) is 2.84. The lowest BCUT2D eigenvalue weighted by atomic mass is 9.86. The molecule has 0 aromatic carbocycles. The Morgan fingerprint density at radius 3 is 3.16 bits per heavy atom. The van der Waals surface area contributed by atoms with Crippen molar-refractivity contribution in [1.29, 1.82) is 0 Å². The summed E-state index contributed by atoms with van der Waals surface area (Å²) >= 11 is 1.86. The van der Waals surface area contributed by atoms with E-state index in [0.29, 0.717) is 11.9 Å². The first kappa shape index (κ1) is 13.0. The van der Waals surface area contributed by atoms with Crippen molar-refractivity contribution < 1.29 is 4.52 Å². The Morgan fingerprint density at radius 1 is 1.42 bits per heavy atom. The summed E-state index contributed by atoms with van der Waals surface area (Å²) in [5.41, 5.74) is 0. The zero-order valence-corrected chi connectivity index (χ0v) is 12.1. The lowest BCUT2D eigenvalue weighted by molar-refractivity contribution is 0.311. The fourth-order valence-electron chi connectivity index (χ4n) is 2.78. The number of aryl methyl sites for hydroxylation is 1. The van der Waals surface area contributed by atoms with Gasteiger partial charge in [-0.2, -0.15) is 4.98 Å². The summed E-state index contributed by atoms with van der Waals surface area (Å²) in [6.07, 6.45) is 6.17. The number of thioether (sulfide) groups is 1. The maximum absolute atomic E-state index is 4.95. The van der Waals surface area contributed by atoms with Gasteiger partial charge in [0.1, 0.15) is 0 Å². The molecule has 0 radical (unpaired) electrons. The van der Waals surface area contributed by atoms with E-state index in [9.17, 15) is 0 Å². The van der Waals surface area contributed by atoms with Crippen LogP contribution in [0.3, 0.4) is 0 Å². The van der Waals surface area contributed by atoms with Gasteiger partial charge in [-0.05, 0) is 18.8 Å². The van der Waals surface area contributed by atoms with Crippen LogP contribution in [0.4, 0.5) is 0 Å². The Morgan fingerprint density at radius 2 is 2.32 bits per heavy atom. The SMILES string of the molecule is Cc1nc(CCN=C2NC3CCCCC3CS2)no1. The van der Waals surface area contributed by atoms with Gasteiger partial charge in [-0.3, -0.25) is 4.99 Å². The molecule has 1 N–H and O–H groups in total. The molecule has 104 valence electrons. The fraction of sp³-hybridized carbons (Fsp3) is 0.769. The smallest absolute Gasteiger partial charge is 0.223 e. The molecule has 2 fully saturated rings. The van der Waals surface area contributed by atoms with Gasteiger partial charge in [0.2, 0.25) is 5.89 Å². The second-order valence-electron chi connectivity index (χ2n) is 5.27. The van der Waals surface area contributed by atoms with Crippen molar-refractivity contribution in [3.05, 3.63) is 11.7 Å². The molecule has 2 atom stereocenters. The van der Waals surface area contributed by atoms with Gasteiger partial charge < -0.3 is 9.84 Å². The summed E-state index contributed by atoms with van der Waals surface area (Å²) in [5.74, 6) is 3.44. The third kappa shape index (κ3) is 3.29. The lowest BCUT2D eigenvalue weighted by Crippen LogP contribution is -2.46. The molecule has 1 saturated heterocycles. The molecule has 2 heterocycles. The van der Waals surface area contributed by atoms with Crippen molar-refractivity contribution in [3.8, 4) is 0 Å². The van der Waals surface area contributed by atoms with Crippen LogP contribution in [0.5, 0.6) is 0 Å². The zero-order chi connectivity index (χ0) is 13.1. The molecular weight excluding hydrogens is 260 g/mol. The highest BCUT2D eigenvalue weighted by Crippen LogP contribution is 2.31. The van der Waals surface area contributed by atoms with Crippen LogP contribution in [0, 0.1) is 12.8 Å². The van der Waals surface area contributed by atoms with Crippen LogP contribution in [0.25, 0.3) is 0 Å². The van der Waals surface area contributed by atoms with E-state index in [1.54, 1.807) is 0 Å². The monoisotopic (exact) mass is 280 g/mol. The molecule has 2 unspecified atom stereocenters. The average molecular weight is 280 g/mol. The van der Waals surface area contributed by atoms with Crippen LogP contribution >= 0.6 is 11.8 Å². The van der Waals surface area contributed by atoms with E-state index in [0.717, 1.165) is 29.9 Å². The second-order valence-corrected chi connectivity index (χ2v) is 6.28. The summed E-state index contributed by atoms with van der Waals surface area (Å²) in [4.78, 5) is 8.81. The van der Waals surface area contributed by atoms with Gasteiger partial charge in [-0.25, -0.2) is 0 Å². The van der Waals surface area contributed by atoms with E-state index in [4.69, 9.17) is 4.52 Å². The lowest BCUT2D eigenvalue weighted by Gasteiger charge is -2.36. The number of amidine groups is 1. The highest BCUT2D eigenvalue weighted by Gasteiger charge is 2.29. The second kappa shape index (κ2) is 5.94. The molecule has 1 saturated carbocycles. The number of hydrogen-bond acceptors (Lipinski definition) is 5. The molecular formula is C13H20N4OS. The topological polar surface area (TPSA) is 63.3 Å². The van der Waals surface area contributed by atoms with E-state index in [1.807, 2.05) is 18.7 Å². The van der Waals surface area contributed by atoms with Gasteiger partial charge >= 0.3 is 0 Å². The number of aromatic nitrogens is 2. The van der Waals surface area contributed by atoms with Gasteiger partial charge in [0.25, 0.3) is 0 Å². The van der Waals surface area contributed by atoms with Crippen LogP contribution in [-0.2, 0) is 6.42 Å². The molecule has 5 nitrogen and oxygen atoms in total. The van der Waals surface area contributed by atoms with E-state index < -0.39 is 0 Å². The Kier molecular flexibility index (Phi) is 4.06. The predicted molar refractivity (Wildman–Crippen MR) is 76.4 cm³/mol. The van der Waals surface area contributed by atoms with Gasteiger partial charge in [0.05, 0.1) is 0 Å². The van der Waals surface area contributed by atoms with E-state index in [2.05, 4.69) is 20.4 Å². The molecule has 0 amide bonds. The van der Waals surface area contributed by atoms with Crippen molar-refractivity contribution in [2.24, 2.45) is 10.9 Å². The number of fused-ring (bicyclic) bond motifs is 1. The van der Waals surface area contributed by atoms with Gasteiger partial charge in [-0.1, -0.05) is 29.8 Å². The number of rotatable bonds is 3. The van der Waals surface area contributed by atoms with Crippen molar-refractivity contribution in [2.75, 3.05) is 12.3 Å². The van der Waals surface area contributed by atoms with Crippen LogP contribution in [0.2, 0.25) is 0 Å². The van der Waals surface area contributed by atoms with Crippen LogP contribution < -0.4 is 5.32 Å². The van der Waals surface area contributed by atoms with E-state index in [-0.39, 0.29) is 0 Å². The molecule has 3 rings (SSSR count). The molecule has 1 aliphatic carbocycles. The third-order valence-corrected chi connectivity index (χ3v) is 4.93. The maximum atomic E-state index is 4.95. The van der Waals surface area contributed by atoms with Crippen molar-refractivity contribution in [2.45, 2.75) is 45.1 Å². The number of nitrogens with one attached hydrogen (secondary N) is 1. The molecule has 1 aliphatic heterocycles. The minimum Gasteiger partial charge on any atom is -0.362 e. The third-order valence-electron chi connectivity index (χ3n) is 3.81. The van der Waals surface area contributed by atoms with Crippen LogP contribution in [0.1, 0.15) is 37.4 Å². The van der Waals surface area contributed by atoms with E-state index in [1.165, 1.54) is 31.4 Å². The van der Waals surface area contributed by atoms with Crippen LogP contribution in [0.15, 0.2) is 9.52 Å². The molecule has 6 heteroatoms. The minimum atomic E-state index is 0.623. The summed E-state index contributed by atoms with van der Waals surface area (Å²) in [5, 5.41) is 8.58.